The van der Waals surface area contributed by atoms with E-state index in [1.165, 1.54) is 31.9 Å². The molecule has 0 saturated carbocycles. The van der Waals surface area contributed by atoms with Crippen LogP contribution in [0.3, 0.4) is 0 Å². The molecule has 1 aromatic rings. The molecule has 1 N–H and O–H groups in total. The zero-order valence-corrected chi connectivity index (χ0v) is 13.1. The third-order valence-corrected chi connectivity index (χ3v) is 5.31. The molecule has 0 spiro atoms. The third-order valence-electron chi connectivity index (χ3n) is 5.31. The van der Waals surface area contributed by atoms with Crippen molar-refractivity contribution in [1.29, 1.82) is 0 Å². The van der Waals surface area contributed by atoms with Crippen LogP contribution >= 0.6 is 0 Å². The molecule has 21 heavy (non-hydrogen) atoms. The number of nitrogens with zero attached hydrogens (tertiary/aromatic N) is 2. The second kappa shape index (κ2) is 6.41. The van der Waals surface area contributed by atoms with E-state index in [9.17, 15) is 4.39 Å². The number of piperidine rings is 1. The Labute approximate surface area is 126 Å². The standard InChI is InChI=1S/C17H26FN3/c1-3-6-20-17(13-7-14(18)11-19-10-13)12-8-15-4-5-16(9-12)21(15)2/h7,10-12,15-17,20H,3-6,8-9H2,1-2H3. The van der Waals surface area contributed by atoms with Crippen LogP contribution in [-0.2, 0) is 0 Å². The van der Waals surface area contributed by atoms with Crippen LogP contribution in [-0.4, -0.2) is 35.6 Å². The zero-order chi connectivity index (χ0) is 14.8. The fourth-order valence-corrected chi connectivity index (χ4v) is 4.18. The summed E-state index contributed by atoms with van der Waals surface area (Å²) >= 11 is 0. The van der Waals surface area contributed by atoms with Crippen molar-refractivity contribution in [3.63, 3.8) is 0 Å². The molecule has 0 aromatic carbocycles. The Kier molecular flexibility index (Phi) is 4.55. The first-order valence-electron chi connectivity index (χ1n) is 8.24. The van der Waals surface area contributed by atoms with Gasteiger partial charge < -0.3 is 10.2 Å². The predicted octanol–water partition coefficient (Wildman–Crippen LogP) is 3.13. The Balaban J connectivity index is 1.79. The second-order valence-electron chi connectivity index (χ2n) is 6.65. The van der Waals surface area contributed by atoms with Crippen molar-refractivity contribution in [1.82, 2.24) is 15.2 Å². The lowest BCUT2D eigenvalue weighted by Crippen LogP contribution is -2.44. The Morgan fingerprint density at radius 3 is 2.67 bits per heavy atom. The average molecular weight is 291 g/mol. The highest BCUT2D eigenvalue weighted by Crippen LogP contribution is 2.42. The van der Waals surface area contributed by atoms with Crippen molar-refractivity contribution in [2.45, 2.75) is 57.2 Å². The summed E-state index contributed by atoms with van der Waals surface area (Å²) in [6.07, 6.45) is 9.28. The molecule has 116 valence electrons. The number of halogens is 1. The summed E-state index contributed by atoms with van der Waals surface area (Å²) < 4.78 is 13.5. The van der Waals surface area contributed by atoms with Crippen LogP contribution in [0.25, 0.3) is 0 Å². The topological polar surface area (TPSA) is 28.2 Å². The van der Waals surface area contributed by atoms with E-state index in [0.29, 0.717) is 18.0 Å². The maximum absolute atomic E-state index is 13.5. The molecule has 3 heterocycles. The number of nitrogens with one attached hydrogen (secondary N) is 1. The average Bonchev–Trinajstić information content (AvgIpc) is 2.70. The van der Waals surface area contributed by atoms with E-state index in [1.807, 2.05) is 6.20 Å². The van der Waals surface area contributed by atoms with Crippen LogP contribution < -0.4 is 5.32 Å². The van der Waals surface area contributed by atoms with Crippen LogP contribution in [0, 0.1) is 11.7 Å². The van der Waals surface area contributed by atoms with Gasteiger partial charge in [-0.3, -0.25) is 4.98 Å². The van der Waals surface area contributed by atoms with E-state index in [4.69, 9.17) is 0 Å². The predicted molar refractivity (Wildman–Crippen MR) is 82.5 cm³/mol. The minimum atomic E-state index is -0.230. The van der Waals surface area contributed by atoms with Gasteiger partial charge >= 0.3 is 0 Å². The molecule has 1 aromatic heterocycles. The minimum Gasteiger partial charge on any atom is -0.310 e. The van der Waals surface area contributed by atoms with Crippen molar-refractivity contribution in [3.8, 4) is 0 Å². The fourth-order valence-electron chi connectivity index (χ4n) is 4.18. The smallest absolute Gasteiger partial charge is 0.141 e. The number of hydrogen-bond donors (Lipinski definition) is 1. The van der Waals surface area contributed by atoms with Gasteiger partial charge in [-0.1, -0.05) is 6.92 Å². The molecule has 0 amide bonds. The maximum atomic E-state index is 13.5. The van der Waals surface area contributed by atoms with Gasteiger partial charge in [0.25, 0.3) is 0 Å². The van der Waals surface area contributed by atoms with Gasteiger partial charge in [0.15, 0.2) is 0 Å². The molecule has 4 heteroatoms. The number of rotatable bonds is 5. The fraction of sp³-hybridized carbons (Fsp3) is 0.706. The van der Waals surface area contributed by atoms with Crippen LogP contribution in [0.2, 0.25) is 0 Å². The molecule has 2 aliphatic heterocycles. The highest BCUT2D eigenvalue weighted by Gasteiger charge is 2.41. The molecule has 3 unspecified atom stereocenters. The molecule has 3 nitrogen and oxygen atoms in total. The lowest BCUT2D eigenvalue weighted by atomic mass is 9.82. The van der Waals surface area contributed by atoms with Crippen LogP contribution in [0.4, 0.5) is 4.39 Å². The van der Waals surface area contributed by atoms with Gasteiger partial charge in [-0.25, -0.2) is 4.39 Å². The van der Waals surface area contributed by atoms with Crippen LogP contribution in [0.1, 0.15) is 50.6 Å². The Morgan fingerprint density at radius 2 is 2.05 bits per heavy atom. The third kappa shape index (κ3) is 3.11. The molecular weight excluding hydrogens is 265 g/mol. The SMILES string of the molecule is CCCNC(c1cncc(F)c1)C1CC2CCC(C1)N2C. The summed E-state index contributed by atoms with van der Waals surface area (Å²) in [5.41, 5.74) is 1.01. The molecule has 3 atom stereocenters. The van der Waals surface area contributed by atoms with E-state index in [-0.39, 0.29) is 11.9 Å². The Morgan fingerprint density at radius 1 is 1.33 bits per heavy atom. The van der Waals surface area contributed by atoms with Crippen molar-refractivity contribution in [2.24, 2.45) is 5.92 Å². The normalized spacial score (nSPS) is 30.5. The summed E-state index contributed by atoms with van der Waals surface area (Å²) in [6, 6.07) is 3.31. The van der Waals surface area contributed by atoms with Crippen LogP contribution in [0.5, 0.6) is 0 Å². The summed E-state index contributed by atoms with van der Waals surface area (Å²) in [4.78, 5) is 6.60. The van der Waals surface area contributed by atoms with Gasteiger partial charge in [0.05, 0.1) is 6.20 Å². The van der Waals surface area contributed by atoms with Crippen LogP contribution in [0.15, 0.2) is 18.5 Å². The molecule has 2 saturated heterocycles. The largest absolute Gasteiger partial charge is 0.310 e. The maximum Gasteiger partial charge on any atom is 0.141 e. The molecule has 0 radical (unpaired) electrons. The van der Waals surface area contributed by atoms with Crippen molar-refractivity contribution < 1.29 is 4.39 Å². The second-order valence-corrected chi connectivity index (χ2v) is 6.65. The molecular formula is C17H26FN3. The van der Waals surface area contributed by atoms with E-state index in [0.717, 1.165) is 18.5 Å². The summed E-state index contributed by atoms with van der Waals surface area (Å²) in [6.45, 7) is 3.15. The highest BCUT2D eigenvalue weighted by atomic mass is 19.1. The monoisotopic (exact) mass is 291 g/mol. The quantitative estimate of drug-likeness (QED) is 0.903. The lowest BCUT2D eigenvalue weighted by Gasteiger charge is -2.40. The summed E-state index contributed by atoms with van der Waals surface area (Å²) in [5, 5.41) is 3.64. The first-order chi connectivity index (χ1) is 10.2. The Hall–Kier alpha value is -1.00. The van der Waals surface area contributed by atoms with Gasteiger partial charge in [0.1, 0.15) is 5.82 Å². The van der Waals surface area contributed by atoms with Gasteiger partial charge in [0, 0.05) is 24.3 Å². The van der Waals surface area contributed by atoms with Crippen molar-refractivity contribution in [2.75, 3.05) is 13.6 Å². The van der Waals surface area contributed by atoms with Gasteiger partial charge in [0.2, 0.25) is 0 Å². The van der Waals surface area contributed by atoms with E-state index < -0.39 is 0 Å². The van der Waals surface area contributed by atoms with E-state index >= 15 is 0 Å². The first-order valence-corrected chi connectivity index (χ1v) is 8.24. The van der Waals surface area contributed by atoms with Crippen molar-refractivity contribution >= 4 is 0 Å². The number of fused-ring (bicyclic) bond motifs is 2. The number of aromatic nitrogens is 1. The van der Waals surface area contributed by atoms with E-state index in [2.05, 4.69) is 29.2 Å². The van der Waals surface area contributed by atoms with E-state index in [1.54, 1.807) is 6.07 Å². The summed E-state index contributed by atoms with van der Waals surface area (Å²) in [5.74, 6) is 0.362. The highest BCUT2D eigenvalue weighted by molar-refractivity contribution is 5.17. The lowest BCUT2D eigenvalue weighted by molar-refractivity contribution is 0.112. The molecule has 2 fully saturated rings. The molecule has 2 aliphatic rings. The van der Waals surface area contributed by atoms with Gasteiger partial charge in [-0.05, 0) is 63.2 Å². The number of hydrogen-bond acceptors (Lipinski definition) is 3. The zero-order valence-electron chi connectivity index (χ0n) is 13.1. The number of pyridine rings is 1. The van der Waals surface area contributed by atoms with Gasteiger partial charge in [-0.15, -0.1) is 0 Å². The molecule has 0 aliphatic carbocycles. The minimum absolute atomic E-state index is 0.230. The van der Waals surface area contributed by atoms with Crippen molar-refractivity contribution in [3.05, 3.63) is 29.8 Å². The van der Waals surface area contributed by atoms with Gasteiger partial charge in [-0.2, -0.15) is 0 Å². The first kappa shape index (κ1) is 14.9. The molecule has 2 bridgehead atoms. The summed E-state index contributed by atoms with van der Waals surface area (Å²) in [7, 11) is 2.26. The molecule has 3 rings (SSSR count). The Bertz CT molecular complexity index is 465.